The molecule has 1 aromatic rings. The molecule has 0 heterocycles. The van der Waals surface area contributed by atoms with Gasteiger partial charge in [-0.05, 0) is 25.1 Å². The van der Waals surface area contributed by atoms with E-state index in [1.807, 2.05) is 0 Å². The second-order valence-corrected chi connectivity index (χ2v) is 4.44. The molecular weight excluding hydrogens is 263 g/mol. The van der Waals surface area contributed by atoms with Gasteiger partial charge in [0, 0.05) is 12.6 Å². The fraction of sp³-hybridized carbons (Fsp3) is 0.273. The molecule has 0 aliphatic heterocycles. The first kappa shape index (κ1) is 13.8. The Morgan fingerprint density at radius 1 is 1.35 bits per heavy atom. The van der Waals surface area contributed by atoms with Crippen LogP contribution in [0.3, 0.4) is 0 Å². The van der Waals surface area contributed by atoms with Crippen LogP contribution in [0, 0.1) is 0 Å². The van der Waals surface area contributed by atoms with E-state index in [1.165, 1.54) is 13.1 Å². The van der Waals surface area contributed by atoms with E-state index in [0.717, 1.165) is 0 Å². The number of halogens is 2. The molecule has 17 heavy (non-hydrogen) atoms. The molecule has 0 saturated heterocycles. The predicted molar refractivity (Wildman–Crippen MR) is 68.8 cm³/mol. The summed E-state index contributed by atoms with van der Waals surface area (Å²) in [6, 6.07) is 4.61. The van der Waals surface area contributed by atoms with E-state index < -0.39 is 5.38 Å². The molecule has 4 nitrogen and oxygen atoms in total. The maximum absolute atomic E-state index is 11.4. The number of hydrogen-bond acceptors (Lipinski definition) is 2. The lowest BCUT2D eigenvalue weighted by Crippen LogP contribution is -2.21. The van der Waals surface area contributed by atoms with Gasteiger partial charge in [0.05, 0.1) is 10.7 Å². The van der Waals surface area contributed by atoms with Crippen LogP contribution in [0.15, 0.2) is 18.2 Å². The number of amides is 2. The molecule has 0 radical (unpaired) electrons. The number of anilines is 1. The molecule has 0 aliphatic carbocycles. The maximum Gasteiger partial charge on any atom is 0.251 e. The molecule has 1 aromatic carbocycles. The van der Waals surface area contributed by atoms with Crippen LogP contribution >= 0.6 is 23.2 Å². The zero-order chi connectivity index (χ0) is 13.0. The summed E-state index contributed by atoms with van der Waals surface area (Å²) in [4.78, 5) is 22.8. The lowest BCUT2D eigenvalue weighted by molar-refractivity contribution is -0.115. The largest absolute Gasteiger partial charge is 0.355 e. The third kappa shape index (κ3) is 3.61. The molecule has 0 saturated carbocycles. The Bertz CT molecular complexity index is 447. The number of nitrogens with one attached hydrogen (secondary N) is 2. The van der Waals surface area contributed by atoms with Gasteiger partial charge in [0.1, 0.15) is 5.38 Å². The highest BCUT2D eigenvalue weighted by Crippen LogP contribution is 2.23. The van der Waals surface area contributed by atoms with E-state index in [1.54, 1.807) is 19.1 Å². The maximum atomic E-state index is 11.4. The van der Waals surface area contributed by atoms with Crippen LogP contribution in [-0.2, 0) is 4.79 Å². The third-order valence-electron chi connectivity index (χ3n) is 2.07. The fourth-order valence-electron chi connectivity index (χ4n) is 1.14. The summed E-state index contributed by atoms with van der Waals surface area (Å²) < 4.78 is 0. The van der Waals surface area contributed by atoms with E-state index in [4.69, 9.17) is 23.2 Å². The molecule has 1 rings (SSSR count). The lowest BCUT2D eigenvalue weighted by atomic mass is 10.2. The van der Waals surface area contributed by atoms with Gasteiger partial charge < -0.3 is 10.6 Å². The van der Waals surface area contributed by atoms with Gasteiger partial charge in [-0.1, -0.05) is 11.6 Å². The molecule has 0 spiro atoms. The number of rotatable bonds is 3. The quantitative estimate of drug-likeness (QED) is 0.831. The minimum absolute atomic E-state index is 0.254. The Morgan fingerprint density at radius 3 is 2.53 bits per heavy atom. The Morgan fingerprint density at radius 2 is 2.00 bits per heavy atom. The summed E-state index contributed by atoms with van der Waals surface area (Å²) in [5, 5.41) is 4.71. The van der Waals surface area contributed by atoms with Crippen molar-refractivity contribution in [2.24, 2.45) is 0 Å². The molecular formula is C11H12Cl2N2O2. The first-order chi connectivity index (χ1) is 7.95. The van der Waals surface area contributed by atoms with Gasteiger partial charge in [-0.15, -0.1) is 11.6 Å². The first-order valence-corrected chi connectivity index (χ1v) is 5.73. The molecule has 0 aromatic heterocycles. The molecule has 6 heteroatoms. The number of carbonyl (C=O) groups is 2. The smallest absolute Gasteiger partial charge is 0.251 e. The van der Waals surface area contributed by atoms with Gasteiger partial charge in [-0.2, -0.15) is 0 Å². The van der Waals surface area contributed by atoms with Crippen molar-refractivity contribution in [3.8, 4) is 0 Å². The summed E-state index contributed by atoms with van der Waals surface area (Å²) in [7, 11) is 1.52. The molecule has 1 atom stereocenters. The van der Waals surface area contributed by atoms with Crippen LogP contribution in [0.1, 0.15) is 17.3 Å². The monoisotopic (exact) mass is 274 g/mol. The van der Waals surface area contributed by atoms with Gasteiger partial charge in [-0.25, -0.2) is 0 Å². The van der Waals surface area contributed by atoms with E-state index >= 15 is 0 Å². The van der Waals surface area contributed by atoms with Crippen molar-refractivity contribution in [1.82, 2.24) is 5.32 Å². The van der Waals surface area contributed by atoms with Crippen LogP contribution in [0.5, 0.6) is 0 Å². The molecule has 0 fully saturated rings. The first-order valence-electron chi connectivity index (χ1n) is 4.92. The number of hydrogen-bond donors (Lipinski definition) is 2. The number of alkyl halides is 1. The Labute approximate surface area is 109 Å². The number of carbonyl (C=O) groups excluding carboxylic acids is 2. The summed E-state index contributed by atoms with van der Waals surface area (Å²) in [5.41, 5.74) is 0.777. The standard InChI is InChI=1S/C11H12Cl2N2O2/c1-6(12)10(16)15-9-5-7(11(17)14-2)3-4-8(9)13/h3-6H,1-2H3,(H,14,17)(H,15,16). The Balaban J connectivity index is 2.99. The molecule has 1 unspecified atom stereocenters. The van der Waals surface area contributed by atoms with Crippen LogP contribution in [-0.4, -0.2) is 24.2 Å². The van der Waals surface area contributed by atoms with Crippen molar-refractivity contribution < 1.29 is 9.59 Å². The second-order valence-electron chi connectivity index (χ2n) is 3.38. The number of benzene rings is 1. The van der Waals surface area contributed by atoms with Crippen LogP contribution in [0.25, 0.3) is 0 Å². The van der Waals surface area contributed by atoms with Crippen molar-refractivity contribution in [3.63, 3.8) is 0 Å². The molecule has 2 amide bonds. The van der Waals surface area contributed by atoms with Crippen molar-refractivity contribution in [1.29, 1.82) is 0 Å². The SMILES string of the molecule is CNC(=O)c1ccc(Cl)c(NC(=O)C(C)Cl)c1. The summed E-state index contributed by atoms with van der Waals surface area (Å²) >= 11 is 11.5. The average Bonchev–Trinajstić information content (AvgIpc) is 2.30. The van der Waals surface area contributed by atoms with Gasteiger partial charge in [-0.3, -0.25) is 9.59 Å². The minimum Gasteiger partial charge on any atom is -0.355 e. The molecule has 2 N–H and O–H groups in total. The third-order valence-corrected chi connectivity index (χ3v) is 2.60. The summed E-state index contributed by atoms with van der Waals surface area (Å²) in [6.07, 6.45) is 0. The zero-order valence-electron chi connectivity index (χ0n) is 9.38. The topological polar surface area (TPSA) is 58.2 Å². The summed E-state index contributed by atoms with van der Waals surface area (Å²) in [5.74, 6) is -0.626. The lowest BCUT2D eigenvalue weighted by Gasteiger charge is -2.09. The van der Waals surface area contributed by atoms with Gasteiger partial charge >= 0.3 is 0 Å². The van der Waals surface area contributed by atoms with E-state index in [0.29, 0.717) is 16.3 Å². The van der Waals surface area contributed by atoms with Gasteiger partial charge in [0.25, 0.3) is 5.91 Å². The second kappa shape index (κ2) is 5.89. The van der Waals surface area contributed by atoms with Crippen molar-refractivity contribution in [2.75, 3.05) is 12.4 Å². The normalized spacial score (nSPS) is 11.8. The highest BCUT2D eigenvalue weighted by atomic mass is 35.5. The Hall–Kier alpha value is -1.26. The van der Waals surface area contributed by atoms with E-state index in [-0.39, 0.29) is 11.8 Å². The van der Waals surface area contributed by atoms with Gasteiger partial charge in [0.15, 0.2) is 0 Å². The molecule has 0 bridgehead atoms. The van der Waals surface area contributed by atoms with Crippen LogP contribution < -0.4 is 10.6 Å². The average molecular weight is 275 g/mol. The van der Waals surface area contributed by atoms with E-state index in [2.05, 4.69) is 10.6 Å². The molecule has 0 aliphatic rings. The molecule has 92 valence electrons. The Kier molecular flexibility index (Phi) is 4.78. The van der Waals surface area contributed by atoms with E-state index in [9.17, 15) is 9.59 Å². The highest BCUT2D eigenvalue weighted by Gasteiger charge is 2.13. The van der Waals surface area contributed by atoms with Gasteiger partial charge in [0.2, 0.25) is 5.91 Å². The zero-order valence-corrected chi connectivity index (χ0v) is 10.9. The van der Waals surface area contributed by atoms with Crippen LogP contribution in [0.4, 0.5) is 5.69 Å². The fourth-order valence-corrected chi connectivity index (χ4v) is 1.36. The predicted octanol–water partition coefficient (Wildman–Crippen LogP) is 2.27. The van der Waals surface area contributed by atoms with Crippen molar-refractivity contribution in [2.45, 2.75) is 12.3 Å². The highest BCUT2D eigenvalue weighted by molar-refractivity contribution is 6.35. The van der Waals surface area contributed by atoms with Crippen molar-refractivity contribution >= 4 is 40.7 Å². The minimum atomic E-state index is -0.672. The van der Waals surface area contributed by atoms with Crippen molar-refractivity contribution in [3.05, 3.63) is 28.8 Å². The van der Waals surface area contributed by atoms with Crippen LogP contribution in [0.2, 0.25) is 5.02 Å². The summed E-state index contributed by atoms with van der Waals surface area (Å²) in [6.45, 7) is 1.55.